The molecule has 1 nitrogen and oxygen atoms in total. The lowest BCUT2D eigenvalue weighted by molar-refractivity contribution is 0.443. The van der Waals surface area contributed by atoms with Gasteiger partial charge in [0, 0.05) is 5.54 Å². The summed E-state index contributed by atoms with van der Waals surface area (Å²) in [7, 11) is 0. The molecule has 1 radical (unpaired) electrons. The van der Waals surface area contributed by atoms with Gasteiger partial charge in [-0.15, -0.1) is 0 Å². The third-order valence-electron chi connectivity index (χ3n) is 2.05. The zero-order valence-electron chi connectivity index (χ0n) is 5.48. The largest absolute Gasteiger partial charge is 0.325 e. The third kappa shape index (κ3) is 1.03. The molecular weight excluding hydrogens is 98.1 g/mol. The van der Waals surface area contributed by atoms with E-state index < -0.39 is 0 Å². The molecule has 1 aliphatic carbocycles. The van der Waals surface area contributed by atoms with Gasteiger partial charge >= 0.3 is 0 Å². The molecule has 1 aliphatic rings. The SMILES string of the molecule is [CH2]C(N)(CC)C1CC1. The summed E-state index contributed by atoms with van der Waals surface area (Å²) in [6.45, 7) is 6.03. The molecule has 1 unspecified atom stereocenters. The maximum Gasteiger partial charge on any atom is 0.0180 e. The molecule has 0 heterocycles. The van der Waals surface area contributed by atoms with Crippen molar-refractivity contribution in [2.45, 2.75) is 31.7 Å². The smallest absolute Gasteiger partial charge is 0.0180 e. The molecular formula is C7H14N. The topological polar surface area (TPSA) is 26.0 Å². The summed E-state index contributed by atoms with van der Waals surface area (Å²) in [5.41, 5.74) is 5.71. The molecule has 0 aliphatic heterocycles. The van der Waals surface area contributed by atoms with Crippen LogP contribution in [0.15, 0.2) is 0 Å². The fraction of sp³-hybridized carbons (Fsp3) is 0.857. The Kier molecular flexibility index (Phi) is 1.31. The Labute approximate surface area is 51.3 Å². The normalized spacial score (nSPS) is 27.4. The lowest BCUT2D eigenvalue weighted by atomic mass is 9.94. The summed E-state index contributed by atoms with van der Waals surface area (Å²) in [6.07, 6.45) is 3.61. The summed E-state index contributed by atoms with van der Waals surface area (Å²) in [5.74, 6) is 0.729. The highest BCUT2D eigenvalue weighted by Crippen LogP contribution is 2.39. The minimum absolute atomic E-state index is 0.0972. The summed E-state index contributed by atoms with van der Waals surface area (Å²) in [5, 5.41) is 0. The molecule has 1 saturated carbocycles. The van der Waals surface area contributed by atoms with Crippen molar-refractivity contribution in [2.24, 2.45) is 11.7 Å². The summed E-state index contributed by atoms with van der Waals surface area (Å²) in [4.78, 5) is 0. The van der Waals surface area contributed by atoms with Gasteiger partial charge in [-0.25, -0.2) is 0 Å². The molecule has 1 rings (SSSR count). The molecule has 1 atom stereocenters. The monoisotopic (exact) mass is 112 g/mol. The maximum atomic E-state index is 5.81. The van der Waals surface area contributed by atoms with Gasteiger partial charge in [-0.2, -0.15) is 0 Å². The average Bonchev–Trinajstić information content (AvgIpc) is 2.44. The van der Waals surface area contributed by atoms with E-state index in [-0.39, 0.29) is 5.54 Å². The highest BCUT2D eigenvalue weighted by Gasteiger charge is 2.36. The molecule has 0 saturated heterocycles. The molecule has 8 heavy (non-hydrogen) atoms. The van der Waals surface area contributed by atoms with E-state index in [1.165, 1.54) is 12.8 Å². The lowest BCUT2D eigenvalue weighted by Gasteiger charge is -2.21. The van der Waals surface area contributed by atoms with Crippen molar-refractivity contribution in [3.63, 3.8) is 0 Å². The first-order chi connectivity index (χ1) is 3.67. The minimum atomic E-state index is -0.0972. The third-order valence-corrected chi connectivity index (χ3v) is 2.05. The second-order valence-corrected chi connectivity index (χ2v) is 2.86. The Morgan fingerprint density at radius 2 is 2.25 bits per heavy atom. The van der Waals surface area contributed by atoms with E-state index in [1.54, 1.807) is 0 Å². The molecule has 0 amide bonds. The van der Waals surface area contributed by atoms with Crippen LogP contribution in [0.4, 0.5) is 0 Å². The molecule has 2 N–H and O–H groups in total. The van der Waals surface area contributed by atoms with Gasteiger partial charge < -0.3 is 5.73 Å². The van der Waals surface area contributed by atoms with Crippen LogP contribution in [0.5, 0.6) is 0 Å². The first kappa shape index (κ1) is 6.09. The van der Waals surface area contributed by atoms with Gasteiger partial charge in [0.05, 0.1) is 0 Å². The van der Waals surface area contributed by atoms with Crippen LogP contribution in [-0.4, -0.2) is 5.54 Å². The summed E-state index contributed by atoms with van der Waals surface area (Å²) >= 11 is 0. The van der Waals surface area contributed by atoms with Crippen molar-refractivity contribution >= 4 is 0 Å². The van der Waals surface area contributed by atoms with Crippen LogP contribution in [0.25, 0.3) is 0 Å². The van der Waals surface area contributed by atoms with E-state index >= 15 is 0 Å². The van der Waals surface area contributed by atoms with E-state index in [1.807, 2.05) is 0 Å². The number of hydrogen-bond donors (Lipinski definition) is 1. The van der Waals surface area contributed by atoms with Crippen molar-refractivity contribution in [1.29, 1.82) is 0 Å². The zero-order valence-corrected chi connectivity index (χ0v) is 5.48. The van der Waals surface area contributed by atoms with E-state index in [4.69, 9.17) is 5.73 Å². The van der Waals surface area contributed by atoms with Crippen LogP contribution in [0.1, 0.15) is 26.2 Å². The fourth-order valence-electron chi connectivity index (χ4n) is 0.947. The first-order valence-electron chi connectivity index (χ1n) is 3.31. The summed E-state index contributed by atoms with van der Waals surface area (Å²) in [6, 6.07) is 0. The highest BCUT2D eigenvalue weighted by molar-refractivity contribution is 4.99. The van der Waals surface area contributed by atoms with Gasteiger partial charge in [0.2, 0.25) is 0 Å². The van der Waals surface area contributed by atoms with E-state index in [2.05, 4.69) is 13.8 Å². The molecule has 0 spiro atoms. The first-order valence-corrected chi connectivity index (χ1v) is 3.31. The van der Waals surface area contributed by atoms with Gasteiger partial charge in [0.25, 0.3) is 0 Å². The molecule has 0 bridgehead atoms. The van der Waals surface area contributed by atoms with Gasteiger partial charge in [0.15, 0.2) is 0 Å². The van der Waals surface area contributed by atoms with Crippen molar-refractivity contribution in [3.8, 4) is 0 Å². The molecule has 1 fully saturated rings. The number of hydrogen-bond acceptors (Lipinski definition) is 1. The van der Waals surface area contributed by atoms with Crippen LogP contribution in [0.3, 0.4) is 0 Å². The predicted octanol–water partition coefficient (Wildman–Crippen LogP) is 1.34. The molecule has 0 aromatic carbocycles. The Balaban J connectivity index is 2.37. The number of rotatable bonds is 2. The second kappa shape index (κ2) is 1.73. The van der Waals surface area contributed by atoms with Crippen molar-refractivity contribution in [2.75, 3.05) is 0 Å². The van der Waals surface area contributed by atoms with Crippen LogP contribution < -0.4 is 5.73 Å². The maximum absolute atomic E-state index is 5.81. The molecule has 0 aromatic rings. The fourth-order valence-corrected chi connectivity index (χ4v) is 0.947. The minimum Gasteiger partial charge on any atom is -0.325 e. The Morgan fingerprint density at radius 3 is 2.38 bits per heavy atom. The summed E-state index contributed by atoms with van der Waals surface area (Å²) < 4.78 is 0. The molecule has 1 heteroatoms. The van der Waals surface area contributed by atoms with Crippen molar-refractivity contribution < 1.29 is 0 Å². The second-order valence-electron chi connectivity index (χ2n) is 2.86. The van der Waals surface area contributed by atoms with Crippen molar-refractivity contribution in [3.05, 3.63) is 6.92 Å². The van der Waals surface area contributed by atoms with Gasteiger partial charge in [-0.05, 0) is 32.1 Å². The van der Waals surface area contributed by atoms with E-state index in [0.29, 0.717) is 0 Å². The molecule has 0 aromatic heterocycles. The Hall–Kier alpha value is -0.0400. The van der Waals surface area contributed by atoms with Crippen LogP contribution >= 0.6 is 0 Å². The van der Waals surface area contributed by atoms with Crippen molar-refractivity contribution in [1.82, 2.24) is 0 Å². The Bertz CT molecular complexity index is 82.4. The van der Waals surface area contributed by atoms with Crippen LogP contribution in [0, 0.1) is 12.8 Å². The van der Waals surface area contributed by atoms with Crippen LogP contribution in [0.2, 0.25) is 0 Å². The molecule has 47 valence electrons. The van der Waals surface area contributed by atoms with Gasteiger partial charge in [0.1, 0.15) is 0 Å². The zero-order chi connectivity index (χ0) is 6.20. The lowest BCUT2D eigenvalue weighted by Crippen LogP contribution is -2.37. The Morgan fingerprint density at radius 1 is 1.75 bits per heavy atom. The standard InChI is InChI=1S/C7H14N/c1-3-7(2,8)6-4-5-6/h6H,2-5,8H2,1H3. The van der Waals surface area contributed by atoms with Gasteiger partial charge in [-0.3, -0.25) is 0 Å². The quantitative estimate of drug-likeness (QED) is 0.573. The predicted molar refractivity (Wildman–Crippen MR) is 35.3 cm³/mol. The highest BCUT2D eigenvalue weighted by atomic mass is 14.8. The van der Waals surface area contributed by atoms with E-state index in [0.717, 1.165) is 12.3 Å². The average molecular weight is 112 g/mol. The van der Waals surface area contributed by atoms with Gasteiger partial charge in [-0.1, -0.05) is 6.92 Å². The number of nitrogens with two attached hydrogens (primary N) is 1. The van der Waals surface area contributed by atoms with Crippen LogP contribution in [-0.2, 0) is 0 Å². The van der Waals surface area contributed by atoms with E-state index in [9.17, 15) is 0 Å².